The van der Waals surface area contributed by atoms with Gasteiger partial charge in [-0.1, -0.05) is 13.0 Å². The van der Waals surface area contributed by atoms with Crippen LogP contribution in [0.1, 0.15) is 56.6 Å². The third-order valence-electron chi connectivity index (χ3n) is 4.43. The van der Waals surface area contributed by atoms with E-state index in [1.165, 1.54) is 31.2 Å². The van der Waals surface area contributed by atoms with Crippen molar-refractivity contribution in [1.82, 2.24) is 9.55 Å². The maximum absolute atomic E-state index is 5.69. The van der Waals surface area contributed by atoms with E-state index in [0.717, 1.165) is 18.8 Å². The van der Waals surface area contributed by atoms with Crippen LogP contribution in [0.3, 0.4) is 0 Å². The number of hydrogen-bond acceptors (Lipinski definition) is 2. The molecule has 0 atom stereocenters. The molecule has 1 fully saturated rings. The SMILES string of the molecule is CCCOc1ccn(C2CCC(c3cccnc3)CC2)c1. The number of pyridine rings is 1. The first-order valence-corrected chi connectivity index (χ1v) is 8.07. The first-order valence-electron chi connectivity index (χ1n) is 8.07. The lowest BCUT2D eigenvalue weighted by Gasteiger charge is -2.29. The predicted octanol–water partition coefficient (Wildman–Crippen LogP) is 4.57. The molecule has 0 unspecified atom stereocenters. The zero-order valence-corrected chi connectivity index (χ0v) is 12.7. The van der Waals surface area contributed by atoms with Crippen molar-refractivity contribution in [3.63, 3.8) is 0 Å². The van der Waals surface area contributed by atoms with Crippen LogP contribution in [0.25, 0.3) is 0 Å². The van der Waals surface area contributed by atoms with Gasteiger partial charge in [0.25, 0.3) is 0 Å². The molecule has 0 radical (unpaired) electrons. The van der Waals surface area contributed by atoms with Crippen LogP contribution in [0.4, 0.5) is 0 Å². The van der Waals surface area contributed by atoms with Gasteiger partial charge < -0.3 is 9.30 Å². The zero-order chi connectivity index (χ0) is 14.5. The first kappa shape index (κ1) is 14.2. The predicted molar refractivity (Wildman–Crippen MR) is 84.7 cm³/mol. The van der Waals surface area contributed by atoms with E-state index in [4.69, 9.17) is 4.74 Å². The molecule has 21 heavy (non-hydrogen) atoms. The number of hydrogen-bond donors (Lipinski definition) is 0. The Hall–Kier alpha value is -1.77. The van der Waals surface area contributed by atoms with Crippen LogP contribution in [0.5, 0.6) is 5.75 Å². The van der Waals surface area contributed by atoms with E-state index in [0.29, 0.717) is 12.0 Å². The molecule has 3 heteroatoms. The van der Waals surface area contributed by atoms with Crippen LogP contribution in [-0.4, -0.2) is 16.2 Å². The monoisotopic (exact) mass is 284 g/mol. The molecule has 0 aromatic carbocycles. The van der Waals surface area contributed by atoms with Crippen LogP contribution >= 0.6 is 0 Å². The second kappa shape index (κ2) is 6.79. The van der Waals surface area contributed by atoms with Gasteiger partial charge in [0.15, 0.2) is 0 Å². The van der Waals surface area contributed by atoms with E-state index in [1.807, 2.05) is 18.5 Å². The van der Waals surface area contributed by atoms with E-state index < -0.39 is 0 Å². The van der Waals surface area contributed by atoms with Crippen molar-refractivity contribution in [2.75, 3.05) is 6.61 Å². The number of nitrogens with zero attached hydrogens (tertiary/aromatic N) is 2. The zero-order valence-electron chi connectivity index (χ0n) is 12.7. The van der Waals surface area contributed by atoms with E-state index in [1.54, 1.807) is 0 Å². The maximum atomic E-state index is 5.69. The largest absolute Gasteiger partial charge is 0.492 e. The molecule has 0 N–H and O–H groups in total. The summed E-state index contributed by atoms with van der Waals surface area (Å²) in [6.45, 7) is 2.94. The molecule has 2 heterocycles. The second-order valence-corrected chi connectivity index (χ2v) is 5.93. The molecular weight excluding hydrogens is 260 g/mol. The molecule has 0 spiro atoms. The van der Waals surface area contributed by atoms with Gasteiger partial charge in [0.2, 0.25) is 0 Å². The minimum Gasteiger partial charge on any atom is -0.492 e. The highest BCUT2D eigenvalue weighted by Gasteiger charge is 2.23. The van der Waals surface area contributed by atoms with E-state index in [9.17, 15) is 0 Å². The summed E-state index contributed by atoms with van der Waals surface area (Å²) in [6, 6.07) is 6.97. The highest BCUT2D eigenvalue weighted by atomic mass is 16.5. The van der Waals surface area contributed by atoms with Gasteiger partial charge in [0, 0.05) is 30.8 Å². The summed E-state index contributed by atoms with van der Waals surface area (Å²) in [5.41, 5.74) is 1.40. The van der Waals surface area contributed by atoms with Crippen molar-refractivity contribution in [2.45, 2.75) is 51.0 Å². The summed E-state index contributed by atoms with van der Waals surface area (Å²) in [5.74, 6) is 1.69. The molecule has 0 amide bonds. The summed E-state index contributed by atoms with van der Waals surface area (Å²) >= 11 is 0. The Balaban J connectivity index is 1.57. The Morgan fingerprint density at radius 1 is 1.24 bits per heavy atom. The van der Waals surface area contributed by atoms with Crippen LogP contribution < -0.4 is 4.74 Å². The molecule has 3 rings (SSSR count). The molecule has 0 bridgehead atoms. The molecule has 2 aromatic rings. The summed E-state index contributed by atoms with van der Waals surface area (Å²) in [7, 11) is 0. The quantitative estimate of drug-likeness (QED) is 0.804. The fourth-order valence-electron chi connectivity index (χ4n) is 3.25. The fourth-order valence-corrected chi connectivity index (χ4v) is 3.25. The summed E-state index contributed by atoms with van der Waals surface area (Å²) in [5, 5.41) is 0. The fraction of sp³-hybridized carbons (Fsp3) is 0.500. The lowest BCUT2D eigenvalue weighted by atomic mass is 9.82. The molecule has 3 nitrogen and oxygen atoms in total. The van der Waals surface area contributed by atoms with Gasteiger partial charge in [-0.2, -0.15) is 0 Å². The molecule has 112 valence electrons. The van der Waals surface area contributed by atoms with Gasteiger partial charge in [-0.3, -0.25) is 4.98 Å². The van der Waals surface area contributed by atoms with Gasteiger partial charge in [-0.25, -0.2) is 0 Å². The third kappa shape index (κ3) is 3.46. The molecule has 1 aliphatic rings. The molecule has 2 aromatic heterocycles. The Morgan fingerprint density at radius 3 is 2.81 bits per heavy atom. The summed E-state index contributed by atoms with van der Waals surface area (Å²) < 4.78 is 8.03. The highest BCUT2D eigenvalue weighted by molar-refractivity contribution is 5.19. The minimum absolute atomic E-state index is 0.622. The van der Waals surface area contributed by atoms with Crippen molar-refractivity contribution < 1.29 is 4.74 Å². The Bertz CT molecular complexity index is 541. The Morgan fingerprint density at radius 2 is 2.10 bits per heavy atom. The van der Waals surface area contributed by atoms with Crippen molar-refractivity contribution in [1.29, 1.82) is 0 Å². The molecule has 0 saturated heterocycles. The van der Waals surface area contributed by atoms with Gasteiger partial charge in [0.05, 0.1) is 6.61 Å². The molecule has 1 saturated carbocycles. The number of rotatable bonds is 5. The van der Waals surface area contributed by atoms with Gasteiger partial charge in [-0.15, -0.1) is 0 Å². The van der Waals surface area contributed by atoms with Crippen molar-refractivity contribution in [3.05, 3.63) is 48.5 Å². The third-order valence-corrected chi connectivity index (χ3v) is 4.43. The van der Waals surface area contributed by atoms with Crippen LogP contribution in [-0.2, 0) is 0 Å². The van der Waals surface area contributed by atoms with E-state index in [-0.39, 0.29) is 0 Å². The highest BCUT2D eigenvalue weighted by Crippen LogP contribution is 2.38. The topological polar surface area (TPSA) is 27.1 Å². The number of aromatic nitrogens is 2. The Kier molecular flexibility index (Phi) is 4.59. The van der Waals surface area contributed by atoms with Crippen LogP contribution in [0, 0.1) is 0 Å². The lowest BCUT2D eigenvalue weighted by molar-refractivity contribution is 0.307. The normalized spacial score (nSPS) is 22.1. The number of ether oxygens (including phenoxy) is 1. The first-order chi connectivity index (χ1) is 10.4. The van der Waals surface area contributed by atoms with Crippen molar-refractivity contribution in [3.8, 4) is 5.75 Å². The molecule has 0 aliphatic heterocycles. The lowest BCUT2D eigenvalue weighted by Crippen LogP contribution is -2.16. The van der Waals surface area contributed by atoms with Crippen LogP contribution in [0.15, 0.2) is 43.0 Å². The average molecular weight is 284 g/mol. The minimum atomic E-state index is 0.622. The van der Waals surface area contributed by atoms with E-state index >= 15 is 0 Å². The van der Waals surface area contributed by atoms with Gasteiger partial charge in [0.1, 0.15) is 5.75 Å². The Labute approximate surface area is 127 Å². The average Bonchev–Trinajstić information content (AvgIpc) is 3.03. The smallest absolute Gasteiger partial charge is 0.136 e. The second-order valence-electron chi connectivity index (χ2n) is 5.93. The maximum Gasteiger partial charge on any atom is 0.136 e. The van der Waals surface area contributed by atoms with Crippen molar-refractivity contribution >= 4 is 0 Å². The molecular formula is C18H24N2O. The summed E-state index contributed by atoms with van der Waals surface area (Å²) in [4.78, 5) is 4.25. The van der Waals surface area contributed by atoms with Gasteiger partial charge >= 0.3 is 0 Å². The molecule has 1 aliphatic carbocycles. The van der Waals surface area contributed by atoms with Crippen LogP contribution in [0.2, 0.25) is 0 Å². The van der Waals surface area contributed by atoms with Gasteiger partial charge in [-0.05, 0) is 55.7 Å². The van der Waals surface area contributed by atoms with Crippen molar-refractivity contribution in [2.24, 2.45) is 0 Å². The standard InChI is InChI=1S/C18H24N2O/c1-2-12-21-18-9-11-20(14-18)17-7-5-15(6-8-17)16-4-3-10-19-13-16/h3-4,9-11,13-15,17H,2,5-8,12H2,1H3. The summed E-state index contributed by atoms with van der Waals surface area (Å²) in [6.07, 6.45) is 14.2. The van der Waals surface area contributed by atoms with E-state index in [2.05, 4.69) is 41.0 Å².